The lowest BCUT2D eigenvalue weighted by Crippen LogP contribution is -2.49. The molecule has 0 amide bonds. The average molecular weight is 242 g/mol. The largest absolute Gasteiger partial charge is 0.469 e. The standard InChI is InChI=1S/C13H22O4/c1-5-17-11(15)9-13(3)7-6-12(13,2)8-10(14)16-4/h5-9H2,1-4H3. The molecular weight excluding hydrogens is 220 g/mol. The Morgan fingerprint density at radius 3 is 1.88 bits per heavy atom. The van der Waals surface area contributed by atoms with Crippen LogP contribution >= 0.6 is 0 Å². The third kappa shape index (κ3) is 2.79. The van der Waals surface area contributed by atoms with Gasteiger partial charge in [0.2, 0.25) is 0 Å². The fraction of sp³-hybridized carbons (Fsp3) is 0.846. The summed E-state index contributed by atoms with van der Waals surface area (Å²) in [5.41, 5.74) is -0.291. The SMILES string of the molecule is CCOC(=O)CC1(C)CCC1(C)CC(=O)OC. The molecule has 0 aromatic carbocycles. The molecule has 0 bridgehead atoms. The highest BCUT2D eigenvalue weighted by Gasteiger charge is 2.54. The molecule has 0 spiro atoms. The lowest BCUT2D eigenvalue weighted by Gasteiger charge is -2.55. The van der Waals surface area contributed by atoms with Gasteiger partial charge in [-0.25, -0.2) is 0 Å². The average Bonchev–Trinajstić information content (AvgIpc) is 2.27. The fourth-order valence-electron chi connectivity index (χ4n) is 2.50. The van der Waals surface area contributed by atoms with E-state index in [0.717, 1.165) is 12.8 Å². The predicted molar refractivity (Wildman–Crippen MR) is 63.3 cm³/mol. The van der Waals surface area contributed by atoms with Gasteiger partial charge in [-0.05, 0) is 30.6 Å². The van der Waals surface area contributed by atoms with Crippen LogP contribution < -0.4 is 0 Å². The molecule has 0 N–H and O–H groups in total. The molecule has 0 aliphatic heterocycles. The van der Waals surface area contributed by atoms with Crippen molar-refractivity contribution in [3.05, 3.63) is 0 Å². The second-order valence-corrected chi connectivity index (χ2v) is 5.36. The Morgan fingerprint density at radius 1 is 1.06 bits per heavy atom. The van der Waals surface area contributed by atoms with Crippen molar-refractivity contribution in [1.29, 1.82) is 0 Å². The van der Waals surface area contributed by atoms with Gasteiger partial charge in [0, 0.05) is 0 Å². The van der Waals surface area contributed by atoms with E-state index in [1.807, 2.05) is 6.92 Å². The fourth-order valence-corrected chi connectivity index (χ4v) is 2.50. The normalized spacial score (nSPS) is 31.5. The summed E-state index contributed by atoms with van der Waals surface area (Å²) < 4.78 is 9.70. The van der Waals surface area contributed by atoms with Crippen LogP contribution in [0.25, 0.3) is 0 Å². The van der Waals surface area contributed by atoms with E-state index in [-0.39, 0.29) is 22.8 Å². The molecule has 2 atom stereocenters. The van der Waals surface area contributed by atoms with Crippen molar-refractivity contribution in [2.45, 2.75) is 46.5 Å². The lowest BCUT2D eigenvalue weighted by atomic mass is 9.48. The van der Waals surface area contributed by atoms with E-state index in [2.05, 4.69) is 6.92 Å². The van der Waals surface area contributed by atoms with Gasteiger partial charge < -0.3 is 9.47 Å². The molecule has 17 heavy (non-hydrogen) atoms. The van der Waals surface area contributed by atoms with Crippen LogP contribution in [0.3, 0.4) is 0 Å². The minimum Gasteiger partial charge on any atom is -0.469 e. The molecule has 98 valence electrons. The summed E-state index contributed by atoms with van der Waals surface area (Å²) in [6.45, 7) is 6.31. The molecule has 1 saturated carbocycles. The second-order valence-electron chi connectivity index (χ2n) is 5.36. The summed E-state index contributed by atoms with van der Waals surface area (Å²) in [5, 5.41) is 0. The third-order valence-corrected chi connectivity index (χ3v) is 4.29. The van der Waals surface area contributed by atoms with Crippen molar-refractivity contribution < 1.29 is 19.1 Å². The van der Waals surface area contributed by atoms with Gasteiger partial charge in [0.1, 0.15) is 0 Å². The Labute approximate surface area is 103 Å². The van der Waals surface area contributed by atoms with Crippen LogP contribution in [0.2, 0.25) is 0 Å². The van der Waals surface area contributed by atoms with Crippen LogP contribution in [0.1, 0.15) is 46.5 Å². The van der Waals surface area contributed by atoms with Crippen molar-refractivity contribution in [3.63, 3.8) is 0 Å². The van der Waals surface area contributed by atoms with Gasteiger partial charge in [0.15, 0.2) is 0 Å². The van der Waals surface area contributed by atoms with Gasteiger partial charge in [-0.1, -0.05) is 13.8 Å². The van der Waals surface area contributed by atoms with Crippen LogP contribution in [0.5, 0.6) is 0 Å². The first-order valence-electron chi connectivity index (χ1n) is 6.09. The third-order valence-electron chi connectivity index (χ3n) is 4.29. The number of carbonyl (C=O) groups is 2. The topological polar surface area (TPSA) is 52.6 Å². The van der Waals surface area contributed by atoms with Crippen LogP contribution in [0, 0.1) is 10.8 Å². The van der Waals surface area contributed by atoms with E-state index in [9.17, 15) is 9.59 Å². The summed E-state index contributed by atoms with van der Waals surface area (Å²) in [5.74, 6) is -0.381. The Balaban J connectivity index is 2.63. The van der Waals surface area contributed by atoms with Crippen molar-refractivity contribution in [2.75, 3.05) is 13.7 Å². The lowest BCUT2D eigenvalue weighted by molar-refractivity contribution is -0.162. The molecule has 4 heteroatoms. The minimum atomic E-state index is -0.206. The number of esters is 2. The first kappa shape index (κ1) is 14.0. The van der Waals surface area contributed by atoms with Crippen LogP contribution in [0.15, 0.2) is 0 Å². The summed E-state index contributed by atoms with van der Waals surface area (Å²) in [6.07, 6.45) is 2.67. The van der Waals surface area contributed by atoms with Crippen LogP contribution in [-0.2, 0) is 19.1 Å². The van der Waals surface area contributed by atoms with E-state index in [1.165, 1.54) is 7.11 Å². The monoisotopic (exact) mass is 242 g/mol. The van der Waals surface area contributed by atoms with Crippen LogP contribution in [-0.4, -0.2) is 25.7 Å². The second kappa shape index (κ2) is 5.07. The quantitative estimate of drug-likeness (QED) is 0.694. The number of hydrogen-bond donors (Lipinski definition) is 0. The van der Waals surface area contributed by atoms with E-state index in [4.69, 9.17) is 9.47 Å². The molecule has 1 rings (SSSR count). The zero-order valence-corrected chi connectivity index (χ0v) is 11.2. The molecule has 0 aromatic rings. The van der Waals surface area contributed by atoms with Gasteiger partial charge in [0.25, 0.3) is 0 Å². The smallest absolute Gasteiger partial charge is 0.306 e. The summed E-state index contributed by atoms with van der Waals surface area (Å²) in [4.78, 5) is 22.9. The first-order chi connectivity index (χ1) is 7.87. The predicted octanol–water partition coefficient (Wildman–Crippen LogP) is 2.31. The zero-order chi connectivity index (χ0) is 13.1. The first-order valence-corrected chi connectivity index (χ1v) is 6.09. The van der Waals surface area contributed by atoms with E-state index in [1.54, 1.807) is 6.92 Å². The Hall–Kier alpha value is -1.06. The molecule has 0 heterocycles. The van der Waals surface area contributed by atoms with Crippen LogP contribution in [0.4, 0.5) is 0 Å². The molecule has 4 nitrogen and oxygen atoms in total. The van der Waals surface area contributed by atoms with Crippen molar-refractivity contribution >= 4 is 11.9 Å². The van der Waals surface area contributed by atoms with Gasteiger partial charge in [-0.2, -0.15) is 0 Å². The van der Waals surface area contributed by atoms with E-state index >= 15 is 0 Å². The zero-order valence-electron chi connectivity index (χ0n) is 11.2. The number of carbonyl (C=O) groups excluding carboxylic acids is 2. The molecule has 2 unspecified atom stereocenters. The Bertz CT molecular complexity index is 313. The summed E-state index contributed by atoms with van der Waals surface area (Å²) >= 11 is 0. The van der Waals surface area contributed by atoms with Gasteiger partial charge in [0.05, 0.1) is 26.6 Å². The highest BCUT2D eigenvalue weighted by atomic mass is 16.5. The highest BCUT2D eigenvalue weighted by molar-refractivity contribution is 5.72. The molecule has 1 aliphatic rings. The summed E-state index contributed by atoms with van der Waals surface area (Å²) in [7, 11) is 1.40. The van der Waals surface area contributed by atoms with Crippen molar-refractivity contribution in [1.82, 2.24) is 0 Å². The Morgan fingerprint density at radius 2 is 1.53 bits per heavy atom. The van der Waals surface area contributed by atoms with E-state index < -0.39 is 0 Å². The van der Waals surface area contributed by atoms with E-state index in [0.29, 0.717) is 19.4 Å². The maximum Gasteiger partial charge on any atom is 0.306 e. The van der Waals surface area contributed by atoms with Gasteiger partial charge in [-0.3, -0.25) is 9.59 Å². The number of rotatable bonds is 5. The number of methoxy groups -OCH3 is 1. The van der Waals surface area contributed by atoms with Gasteiger partial charge >= 0.3 is 11.9 Å². The number of ether oxygens (including phenoxy) is 2. The summed E-state index contributed by atoms with van der Waals surface area (Å²) in [6, 6.07) is 0. The maximum atomic E-state index is 11.6. The number of hydrogen-bond acceptors (Lipinski definition) is 4. The molecule has 0 radical (unpaired) electrons. The van der Waals surface area contributed by atoms with Crippen molar-refractivity contribution in [2.24, 2.45) is 10.8 Å². The highest BCUT2D eigenvalue weighted by Crippen LogP contribution is 2.60. The van der Waals surface area contributed by atoms with Gasteiger partial charge in [-0.15, -0.1) is 0 Å². The molecular formula is C13H22O4. The molecule has 1 aliphatic carbocycles. The minimum absolute atomic E-state index is 0.145. The Kier molecular flexibility index (Phi) is 4.17. The molecule has 0 aromatic heterocycles. The molecule has 0 saturated heterocycles. The maximum absolute atomic E-state index is 11.6. The van der Waals surface area contributed by atoms with Crippen molar-refractivity contribution in [3.8, 4) is 0 Å². The molecule has 1 fully saturated rings.